The molecule has 2 N–H and O–H groups in total. The maximum Gasteiger partial charge on any atom is 0.490 e. The molecule has 2 heterocycles. The molecule has 0 aliphatic carbocycles. The second kappa shape index (κ2) is 8.30. The number of pyridine rings is 1. The van der Waals surface area contributed by atoms with Crippen LogP contribution in [-0.2, 0) is 24.5 Å². The first-order valence-corrected chi connectivity index (χ1v) is 7.92. The summed E-state index contributed by atoms with van der Waals surface area (Å²) in [6.07, 6.45) is -5.08. The number of nitrogens with one attached hydrogen (secondary N) is 1. The first kappa shape index (κ1) is 19.2. The molecule has 0 atom stereocenters. The van der Waals surface area contributed by atoms with Crippen LogP contribution in [0.2, 0.25) is 0 Å². The van der Waals surface area contributed by atoms with E-state index in [9.17, 15) is 13.2 Å². The Morgan fingerprint density at radius 3 is 2.56 bits per heavy atom. The van der Waals surface area contributed by atoms with Crippen LogP contribution >= 0.6 is 15.9 Å². The van der Waals surface area contributed by atoms with Gasteiger partial charge in [0.25, 0.3) is 0 Å². The number of aromatic nitrogens is 1. The highest BCUT2D eigenvalue weighted by molar-refractivity contribution is 9.10. The molecule has 9 heteroatoms. The van der Waals surface area contributed by atoms with Crippen LogP contribution in [0, 0.1) is 0 Å². The van der Waals surface area contributed by atoms with Crippen molar-refractivity contribution < 1.29 is 27.8 Å². The van der Waals surface area contributed by atoms with Crippen molar-refractivity contribution in [3.05, 3.63) is 57.7 Å². The van der Waals surface area contributed by atoms with E-state index in [0.29, 0.717) is 12.5 Å². The van der Waals surface area contributed by atoms with Gasteiger partial charge in [0, 0.05) is 19.2 Å². The topological polar surface area (TPSA) is 71.5 Å². The Bertz CT molecular complexity index is 754. The Morgan fingerprint density at radius 2 is 1.92 bits per heavy atom. The van der Waals surface area contributed by atoms with Gasteiger partial charge in [0.15, 0.2) is 0 Å². The van der Waals surface area contributed by atoms with Crippen LogP contribution in [0.25, 0.3) is 0 Å². The SMILES string of the molecule is Brc1cccc(OCc2ccc3c(c2)CNC3)n1.O=C(O)C(F)(F)F. The summed E-state index contributed by atoms with van der Waals surface area (Å²) in [6.45, 7) is 2.48. The summed E-state index contributed by atoms with van der Waals surface area (Å²) in [6, 6.07) is 12.1. The monoisotopic (exact) mass is 418 g/mol. The Labute approximate surface area is 150 Å². The van der Waals surface area contributed by atoms with Gasteiger partial charge in [-0.1, -0.05) is 24.3 Å². The maximum atomic E-state index is 10.6. The number of carbonyl (C=O) groups is 1. The lowest BCUT2D eigenvalue weighted by molar-refractivity contribution is -0.192. The zero-order valence-corrected chi connectivity index (χ0v) is 14.4. The summed E-state index contributed by atoms with van der Waals surface area (Å²) in [4.78, 5) is 13.1. The average Bonchev–Trinajstić information content (AvgIpc) is 3.00. The first-order valence-electron chi connectivity index (χ1n) is 7.12. The fraction of sp³-hybridized carbons (Fsp3) is 0.250. The number of benzene rings is 1. The number of halogens is 4. The lowest BCUT2D eigenvalue weighted by Gasteiger charge is -2.07. The summed E-state index contributed by atoms with van der Waals surface area (Å²) in [5.41, 5.74) is 3.94. The fourth-order valence-electron chi connectivity index (χ4n) is 2.07. The summed E-state index contributed by atoms with van der Waals surface area (Å²) < 4.78 is 38.2. The second-order valence-electron chi connectivity index (χ2n) is 5.10. The third kappa shape index (κ3) is 6.02. The quantitative estimate of drug-likeness (QED) is 0.744. The zero-order chi connectivity index (χ0) is 18.4. The number of hydrogen-bond acceptors (Lipinski definition) is 4. The average molecular weight is 419 g/mol. The van der Waals surface area contributed by atoms with Crippen LogP contribution in [0.3, 0.4) is 0 Å². The highest BCUT2D eigenvalue weighted by Crippen LogP contribution is 2.19. The van der Waals surface area contributed by atoms with Crippen molar-refractivity contribution in [1.82, 2.24) is 10.3 Å². The number of fused-ring (bicyclic) bond motifs is 1. The lowest BCUT2D eigenvalue weighted by atomic mass is 10.1. The van der Waals surface area contributed by atoms with Crippen molar-refractivity contribution in [3.63, 3.8) is 0 Å². The minimum absolute atomic E-state index is 0.552. The number of hydrogen-bond donors (Lipinski definition) is 2. The van der Waals surface area contributed by atoms with E-state index in [1.165, 1.54) is 16.7 Å². The van der Waals surface area contributed by atoms with Gasteiger partial charge in [-0.15, -0.1) is 0 Å². The molecule has 0 spiro atoms. The molecule has 0 fully saturated rings. The van der Waals surface area contributed by atoms with E-state index in [1.54, 1.807) is 0 Å². The van der Waals surface area contributed by atoms with Crippen molar-refractivity contribution in [3.8, 4) is 5.88 Å². The van der Waals surface area contributed by atoms with E-state index in [-0.39, 0.29) is 0 Å². The minimum atomic E-state index is -5.08. The molecule has 1 aromatic heterocycles. The van der Waals surface area contributed by atoms with Crippen molar-refractivity contribution in [2.45, 2.75) is 25.9 Å². The number of carboxylic acids is 1. The molecular weight excluding hydrogens is 405 g/mol. The highest BCUT2D eigenvalue weighted by Gasteiger charge is 2.38. The number of rotatable bonds is 3. The van der Waals surface area contributed by atoms with Crippen LogP contribution in [0.1, 0.15) is 16.7 Å². The molecule has 5 nitrogen and oxygen atoms in total. The number of nitrogens with zero attached hydrogens (tertiary/aromatic N) is 1. The van der Waals surface area contributed by atoms with Crippen LogP contribution in [0.5, 0.6) is 5.88 Å². The van der Waals surface area contributed by atoms with E-state index in [1.807, 2.05) is 18.2 Å². The van der Waals surface area contributed by atoms with Gasteiger partial charge in [0.2, 0.25) is 5.88 Å². The molecule has 0 unspecified atom stereocenters. The molecule has 1 aliphatic heterocycles. The van der Waals surface area contributed by atoms with E-state index < -0.39 is 12.1 Å². The van der Waals surface area contributed by atoms with Crippen molar-refractivity contribution in [2.75, 3.05) is 0 Å². The molecule has 25 heavy (non-hydrogen) atoms. The molecule has 3 rings (SSSR count). The second-order valence-corrected chi connectivity index (χ2v) is 5.91. The molecule has 0 saturated heterocycles. The van der Waals surface area contributed by atoms with E-state index >= 15 is 0 Å². The predicted octanol–water partition coefficient (Wildman–Crippen LogP) is 3.66. The largest absolute Gasteiger partial charge is 0.490 e. The Kier molecular flexibility index (Phi) is 6.38. The lowest BCUT2D eigenvalue weighted by Crippen LogP contribution is -2.21. The molecule has 0 amide bonds. The van der Waals surface area contributed by atoms with Gasteiger partial charge in [0.05, 0.1) is 0 Å². The predicted molar refractivity (Wildman–Crippen MR) is 86.9 cm³/mol. The molecule has 1 aromatic carbocycles. The highest BCUT2D eigenvalue weighted by atomic mass is 79.9. The summed E-state index contributed by atoms with van der Waals surface area (Å²) in [5, 5.41) is 10.5. The third-order valence-electron chi connectivity index (χ3n) is 3.22. The summed E-state index contributed by atoms with van der Waals surface area (Å²) in [7, 11) is 0. The number of alkyl halides is 3. The van der Waals surface area contributed by atoms with Crippen LogP contribution in [0.15, 0.2) is 41.0 Å². The van der Waals surface area contributed by atoms with Gasteiger partial charge >= 0.3 is 12.1 Å². The van der Waals surface area contributed by atoms with Crippen LogP contribution in [-0.4, -0.2) is 22.2 Å². The van der Waals surface area contributed by atoms with Gasteiger partial charge in [-0.3, -0.25) is 0 Å². The number of carboxylic acid groups (broad SMARTS) is 1. The maximum absolute atomic E-state index is 10.6. The van der Waals surface area contributed by atoms with Crippen molar-refractivity contribution >= 4 is 21.9 Å². The Balaban J connectivity index is 0.000000277. The summed E-state index contributed by atoms with van der Waals surface area (Å²) in [5.74, 6) is -2.12. The molecule has 0 bridgehead atoms. The zero-order valence-electron chi connectivity index (χ0n) is 12.8. The van der Waals surface area contributed by atoms with Crippen molar-refractivity contribution in [2.24, 2.45) is 0 Å². The van der Waals surface area contributed by atoms with E-state index in [2.05, 4.69) is 44.4 Å². The van der Waals surface area contributed by atoms with Crippen LogP contribution < -0.4 is 10.1 Å². The van der Waals surface area contributed by atoms with Gasteiger partial charge < -0.3 is 15.2 Å². The molecule has 0 saturated carbocycles. The molecule has 2 aromatic rings. The van der Waals surface area contributed by atoms with Gasteiger partial charge in [0.1, 0.15) is 11.2 Å². The molecule has 1 aliphatic rings. The molecule has 134 valence electrons. The molecule has 0 radical (unpaired) electrons. The number of aliphatic carboxylic acids is 1. The smallest absolute Gasteiger partial charge is 0.475 e. The molecular formula is C16H14BrF3N2O3. The normalized spacial score (nSPS) is 12.8. The minimum Gasteiger partial charge on any atom is -0.475 e. The standard InChI is InChI=1S/C14H13BrN2O.C2HF3O2/c15-13-2-1-3-14(17-13)18-9-10-4-5-11-7-16-8-12(11)6-10;3-2(4,5)1(6)7/h1-6,16H,7-9H2;(H,6,7). The van der Waals surface area contributed by atoms with Crippen molar-refractivity contribution in [1.29, 1.82) is 0 Å². The van der Waals surface area contributed by atoms with E-state index in [4.69, 9.17) is 14.6 Å². The summed E-state index contributed by atoms with van der Waals surface area (Å²) >= 11 is 3.33. The van der Waals surface area contributed by atoms with Crippen LogP contribution in [0.4, 0.5) is 13.2 Å². The fourth-order valence-corrected chi connectivity index (χ4v) is 2.39. The first-order chi connectivity index (χ1) is 11.8. The van der Waals surface area contributed by atoms with E-state index in [0.717, 1.165) is 17.7 Å². The van der Waals surface area contributed by atoms with Gasteiger partial charge in [-0.2, -0.15) is 13.2 Å². The van der Waals surface area contributed by atoms with Gasteiger partial charge in [-0.25, -0.2) is 9.78 Å². The Hall–Kier alpha value is -2.13. The Morgan fingerprint density at radius 1 is 1.24 bits per heavy atom. The van der Waals surface area contributed by atoms with Gasteiger partial charge in [-0.05, 0) is 38.7 Å². The number of ether oxygens (including phenoxy) is 1. The third-order valence-corrected chi connectivity index (χ3v) is 3.66.